The first-order valence-corrected chi connectivity index (χ1v) is 7.58. The topological polar surface area (TPSA) is 63.4 Å². The first-order chi connectivity index (χ1) is 7.54. The molecule has 0 radical (unpaired) electrons. The van der Waals surface area contributed by atoms with Gasteiger partial charge in [-0.25, -0.2) is 8.42 Å². The van der Waals surface area contributed by atoms with E-state index < -0.39 is 10.0 Å². The van der Waals surface area contributed by atoms with Gasteiger partial charge in [0.1, 0.15) is 4.21 Å². The van der Waals surface area contributed by atoms with Gasteiger partial charge in [-0.1, -0.05) is 6.92 Å². The Labute approximate surface area is 100 Å². The Balaban J connectivity index is 2.25. The van der Waals surface area contributed by atoms with Crippen LogP contribution in [-0.2, 0) is 16.6 Å². The summed E-state index contributed by atoms with van der Waals surface area (Å²) in [7, 11) is -3.26. The molecule has 1 atom stereocenters. The number of sulfonamides is 1. The minimum Gasteiger partial charge on any atom is -0.326 e. The highest BCUT2D eigenvalue weighted by Crippen LogP contribution is 2.28. The number of rotatable bonds is 3. The summed E-state index contributed by atoms with van der Waals surface area (Å²) in [6, 6.07) is 3.45. The van der Waals surface area contributed by atoms with Crippen molar-refractivity contribution in [1.82, 2.24) is 4.31 Å². The molecule has 1 unspecified atom stereocenters. The third-order valence-electron chi connectivity index (χ3n) is 2.82. The maximum Gasteiger partial charge on any atom is 0.252 e. The molecule has 0 saturated carbocycles. The Morgan fingerprint density at radius 2 is 2.31 bits per heavy atom. The number of hydrogen-bond acceptors (Lipinski definition) is 4. The quantitative estimate of drug-likeness (QED) is 0.889. The molecule has 1 aromatic rings. The van der Waals surface area contributed by atoms with Gasteiger partial charge < -0.3 is 5.73 Å². The normalized spacial score (nSPS) is 22.8. The fourth-order valence-corrected chi connectivity index (χ4v) is 4.81. The zero-order chi connectivity index (χ0) is 11.8. The van der Waals surface area contributed by atoms with Crippen LogP contribution in [0.2, 0.25) is 0 Å². The Morgan fingerprint density at radius 1 is 1.56 bits per heavy atom. The van der Waals surface area contributed by atoms with Gasteiger partial charge in [0, 0.05) is 24.5 Å². The first kappa shape index (κ1) is 12.0. The highest BCUT2D eigenvalue weighted by atomic mass is 32.2. The molecule has 1 aliphatic rings. The molecule has 1 saturated heterocycles. The van der Waals surface area contributed by atoms with Crippen LogP contribution in [0, 0.1) is 5.92 Å². The van der Waals surface area contributed by atoms with Crippen molar-refractivity contribution in [1.29, 1.82) is 0 Å². The first-order valence-electron chi connectivity index (χ1n) is 5.33. The van der Waals surface area contributed by atoms with Crippen LogP contribution in [0.4, 0.5) is 0 Å². The van der Waals surface area contributed by atoms with Gasteiger partial charge in [-0.15, -0.1) is 11.3 Å². The van der Waals surface area contributed by atoms with Crippen molar-refractivity contribution in [2.45, 2.75) is 24.1 Å². The zero-order valence-corrected chi connectivity index (χ0v) is 10.9. The van der Waals surface area contributed by atoms with Gasteiger partial charge >= 0.3 is 0 Å². The standard InChI is InChI=1S/C10H16N2O2S2/c1-8-4-5-12(7-8)16(13,14)10-3-2-9(6-11)15-10/h2-3,8H,4-7,11H2,1H3. The van der Waals surface area contributed by atoms with Crippen LogP contribution in [0.1, 0.15) is 18.2 Å². The second-order valence-corrected chi connectivity index (χ2v) is 7.51. The monoisotopic (exact) mass is 260 g/mol. The molecular formula is C10H16N2O2S2. The highest BCUT2D eigenvalue weighted by molar-refractivity contribution is 7.91. The number of hydrogen-bond donors (Lipinski definition) is 1. The number of nitrogens with zero attached hydrogens (tertiary/aromatic N) is 1. The van der Waals surface area contributed by atoms with E-state index in [9.17, 15) is 8.42 Å². The molecule has 2 N–H and O–H groups in total. The average Bonchev–Trinajstić information content (AvgIpc) is 2.85. The minimum absolute atomic E-state index is 0.399. The van der Waals surface area contributed by atoms with E-state index in [1.807, 2.05) is 0 Å². The van der Waals surface area contributed by atoms with E-state index in [0.29, 0.717) is 29.8 Å². The lowest BCUT2D eigenvalue weighted by Gasteiger charge is -2.14. The summed E-state index contributed by atoms with van der Waals surface area (Å²) in [4.78, 5) is 0.908. The molecule has 0 aliphatic carbocycles. The molecule has 0 spiro atoms. The van der Waals surface area contributed by atoms with E-state index >= 15 is 0 Å². The highest BCUT2D eigenvalue weighted by Gasteiger charge is 2.31. The lowest BCUT2D eigenvalue weighted by atomic mass is 10.2. The van der Waals surface area contributed by atoms with E-state index in [1.54, 1.807) is 16.4 Å². The Bertz CT molecular complexity index is 467. The molecule has 6 heteroatoms. The summed E-state index contributed by atoms with van der Waals surface area (Å²) in [6.07, 6.45) is 0.953. The fraction of sp³-hybridized carbons (Fsp3) is 0.600. The molecule has 16 heavy (non-hydrogen) atoms. The van der Waals surface area contributed by atoms with E-state index in [0.717, 1.165) is 11.3 Å². The lowest BCUT2D eigenvalue weighted by molar-refractivity contribution is 0.466. The van der Waals surface area contributed by atoms with E-state index in [1.165, 1.54) is 11.3 Å². The van der Waals surface area contributed by atoms with Crippen LogP contribution in [0.3, 0.4) is 0 Å². The molecule has 1 aliphatic heterocycles. The average molecular weight is 260 g/mol. The van der Waals surface area contributed by atoms with Crippen LogP contribution < -0.4 is 5.73 Å². The third kappa shape index (κ3) is 2.15. The van der Waals surface area contributed by atoms with Crippen molar-refractivity contribution in [3.63, 3.8) is 0 Å². The largest absolute Gasteiger partial charge is 0.326 e. The molecule has 2 heterocycles. The number of nitrogens with two attached hydrogens (primary N) is 1. The van der Waals surface area contributed by atoms with E-state index in [4.69, 9.17) is 5.73 Å². The minimum atomic E-state index is -3.26. The summed E-state index contributed by atoms with van der Waals surface area (Å²) in [5.74, 6) is 0.462. The van der Waals surface area contributed by atoms with Gasteiger partial charge in [-0.2, -0.15) is 4.31 Å². The second kappa shape index (κ2) is 4.44. The van der Waals surface area contributed by atoms with Gasteiger partial charge in [0.15, 0.2) is 0 Å². The van der Waals surface area contributed by atoms with Crippen LogP contribution >= 0.6 is 11.3 Å². The second-order valence-electron chi connectivity index (χ2n) is 4.18. The molecule has 0 bridgehead atoms. The Morgan fingerprint density at radius 3 is 2.81 bits per heavy atom. The predicted octanol–water partition coefficient (Wildman–Crippen LogP) is 1.24. The smallest absolute Gasteiger partial charge is 0.252 e. The molecule has 0 aromatic carbocycles. The van der Waals surface area contributed by atoms with Crippen molar-refractivity contribution in [2.24, 2.45) is 11.7 Å². The molecular weight excluding hydrogens is 244 g/mol. The number of thiophene rings is 1. The summed E-state index contributed by atoms with van der Waals surface area (Å²) < 4.78 is 26.4. The lowest BCUT2D eigenvalue weighted by Crippen LogP contribution is -2.27. The van der Waals surface area contributed by atoms with Gasteiger partial charge in [0.2, 0.25) is 0 Å². The van der Waals surface area contributed by atoms with Crippen molar-refractivity contribution in [3.8, 4) is 0 Å². The third-order valence-corrected chi connectivity index (χ3v) is 6.26. The zero-order valence-electron chi connectivity index (χ0n) is 9.22. The van der Waals surface area contributed by atoms with Crippen molar-refractivity contribution in [2.75, 3.05) is 13.1 Å². The van der Waals surface area contributed by atoms with Crippen LogP contribution in [-0.4, -0.2) is 25.8 Å². The molecule has 1 fully saturated rings. The van der Waals surface area contributed by atoms with Gasteiger partial charge in [-0.3, -0.25) is 0 Å². The molecule has 4 nitrogen and oxygen atoms in total. The maximum absolute atomic E-state index is 12.2. The van der Waals surface area contributed by atoms with Crippen LogP contribution in [0.15, 0.2) is 16.3 Å². The Hall–Kier alpha value is -0.430. The summed E-state index contributed by atoms with van der Waals surface area (Å²) in [5, 5.41) is 0. The Kier molecular flexibility index (Phi) is 3.34. The summed E-state index contributed by atoms with van der Waals surface area (Å²) in [6.45, 7) is 3.75. The maximum atomic E-state index is 12.2. The fourth-order valence-electron chi connectivity index (χ4n) is 1.85. The van der Waals surface area contributed by atoms with Gasteiger partial charge in [-0.05, 0) is 24.5 Å². The van der Waals surface area contributed by atoms with E-state index in [2.05, 4.69) is 6.92 Å². The van der Waals surface area contributed by atoms with Crippen molar-refractivity contribution in [3.05, 3.63) is 17.0 Å². The molecule has 1 aromatic heterocycles. The summed E-state index contributed by atoms with van der Waals surface area (Å²) >= 11 is 1.27. The molecule has 90 valence electrons. The summed E-state index contributed by atoms with van der Waals surface area (Å²) in [5.41, 5.74) is 5.48. The van der Waals surface area contributed by atoms with Crippen LogP contribution in [0.25, 0.3) is 0 Å². The molecule has 2 rings (SSSR count). The van der Waals surface area contributed by atoms with Gasteiger partial charge in [0.25, 0.3) is 10.0 Å². The SMILES string of the molecule is CC1CCN(S(=O)(=O)c2ccc(CN)s2)C1. The molecule has 0 amide bonds. The van der Waals surface area contributed by atoms with Gasteiger partial charge in [0.05, 0.1) is 0 Å². The van der Waals surface area contributed by atoms with Crippen molar-refractivity contribution >= 4 is 21.4 Å². The van der Waals surface area contributed by atoms with Crippen molar-refractivity contribution < 1.29 is 8.42 Å². The predicted molar refractivity (Wildman–Crippen MR) is 64.8 cm³/mol. The van der Waals surface area contributed by atoms with Crippen LogP contribution in [0.5, 0.6) is 0 Å². The van der Waals surface area contributed by atoms with E-state index in [-0.39, 0.29) is 0 Å².